The van der Waals surface area contributed by atoms with Crippen molar-refractivity contribution in [2.24, 2.45) is 0 Å². The maximum atomic E-state index is 12.8. The molecule has 94 valence electrons. The van der Waals surface area contributed by atoms with E-state index in [4.69, 9.17) is 0 Å². The summed E-state index contributed by atoms with van der Waals surface area (Å²) in [6.07, 6.45) is 0. The molecule has 19 heavy (non-hydrogen) atoms. The molecule has 2 amide bonds. The van der Waals surface area contributed by atoms with Gasteiger partial charge in [0.25, 0.3) is 11.8 Å². The van der Waals surface area contributed by atoms with Crippen molar-refractivity contribution in [3.8, 4) is 0 Å². The Kier molecular flexibility index (Phi) is 2.63. The number of hydrogen-bond acceptors (Lipinski definition) is 2. The Bertz CT molecular complexity index is 664. The SMILES string of the molecule is O=C(c1ccc(F)cc1)N1Cc2ccccc2C1=O. The first-order valence-corrected chi connectivity index (χ1v) is 5.86. The Morgan fingerprint density at radius 1 is 1.05 bits per heavy atom. The highest BCUT2D eigenvalue weighted by atomic mass is 19.1. The molecular formula is C15H10FNO2. The van der Waals surface area contributed by atoms with Crippen LogP contribution in [-0.4, -0.2) is 16.7 Å². The molecule has 0 radical (unpaired) electrons. The van der Waals surface area contributed by atoms with E-state index in [1.54, 1.807) is 12.1 Å². The van der Waals surface area contributed by atoms with Gasteiger partial charge >= 0.3 is 0 Å². The van der Waals surface area contributed by atoms with Gasteiger partial charge in [0, 0.05) is 11.1 Å². The maximum absolute atomic E-state index is 12.8. The predicted octanol–water partition coefficient (Wildman–Crippen LogP) is 2.62. The van der Waals surface area contributed by atoms with Crippen LogP contribution in [0.15, 0.2) is 48.5 Å². The molecule has 2 aromatic carbocycles. The summed E-state index contributed by atoms with van der Waals surface area (Å²) in [5.41, 5.74) is 1.70. The van der Waals surface area contributed by atoms with Gasteiger partial charge < -0.3 is 0 Å². The van der Waals surface area contributed by atoms with Gasteiger partial charge in [0.1, 0.15) is 5.82 Å². The molecule has 2 aromatic rings. The Morgan fingerprint density at radius 3 is 2.42 bits per heavy atom. The van der Waals surface area contributed by atoms with Gasteiger partial charge in [-0.3, -0.25) is 14.5 Å². The summed E-state index contributed by atoms with van der Waals surface area (Å²) in [4.78, 5) is 25.5. The minimum atomic E-state index is -0.410. The quantitative estimate of drug-likeness (QED) is 0.734. The van der Waals surface area contributed by atoms with Crippen molar-refractivity contribution in [3.05, 3.63) is 71.0 Å². The number of carbonyl (C=O) groups excluding carboxylic acids is 2. The van der Waals surface area contributed by atoms with Crippen molar-refractivity contribution >= 4 is 11.8 Å². The smallest absolute Gasteiger partial charge is 0.261 e. The van der Waals surface area contributed by atoms with E-state index in [1.807, 2.05) is 12.1 Å². The minimum Gasteiger partial charge on any atom is -0.270 e. The third-order valence-corrected chi connectivity index (χ3v) is 3.16. The molecule has 0 fully saturated rings. The van der Waals surface area contributed by atoms with E-state index in [0.29, 0.717) is 11.1 Å². The minimum absolute atomic E-state index is 0.269. The summed E-state index contributed by atoms with van der Waals surface area (Å²) in [7, 11) is 0. The fourth-order valence-corrected chi connectivity index (χ4v) is 2.17. The third kappa shape index (κ3) is 1.91. The molecule has 0 bridgehead atoms. The number of carbonyl (C=O) groups is 2. The first-order valence-electron chi connectivity index (χ1n) is 5.86. The van der Waals surface area contributed by atoms with Crippen LogP contribution in [0.1, 0.15) is 26.3 Å². The van der Waals surface area contributed by atoms with Crippen LogP contribution in [0.3, 0.4) is 0 Å². The second-order valence-corrected chi connectivity index (χ2v) is 4.36. The highest BCUT2D eigenvalue weighted by molar-refractivity contribution is 6.12. The molecule has 1 aliphatic heterocycles. The van der Waals surface area contributed by atoms with Gasteiger partial charge in [0.15, 0.2) is 0 Å². The van der Waals surface area contributed by atoms with Crippen molar-refractivity contribution in [1.82, 2.24) is 4.90 Å². The molecule has 1 heterocycles. The van der Waals surface area contributed by atoms with Crippen LogP contribution in [-0.2, 0) is 6.54 Å². The average molecular weight is 255 g/mol. The van der Waals surface area contributed by atoms with Crippen LogP contribution in [0.25, 0.3) is 0 Å². The molecular weight excluding hydrogens is 245 g/mol. The summed E-state index contributed by atoms with van der Waals surface area (Å²) >= 11 is 0. The molecule has 0 N–H and O–H groups in total. The molecule has 0 aliphatic carbocycles. The fourth-order valence-electron chi connectivity index (χ4n) is 2.17. The number of benzene rings is 2. The summed E-state index contributed by atoms with van der Waals surface area (Å²) in [5, 5.41) is 0. The molecule has 3 rings (SSSR count). The number of hydrogen-bond donors (Lipinski definition) is 0. The number of nitrogens with zero attached hydrogens (tertiary/aromatic N) is 1. The largest absolute Gasteiger partial charge is 0.270 e. The second kappa shape index (κ2) is 4.31. The first kappa shape index (κ1) is 11.6. The van der Waals surface area contributed by atoms with Crippen molar-refractivity contribution < 1.29 is 14.0 Å². The van der Waals surface area contributed by atoms with E-state index in [2.05, 4.69) is 0 Å². The zero-order valence-corrected chi connectivity index (χ0v) is 9.97. The number of imide groups is 1. The lowest BCUT2D eigenvalue weighted by atomic mass is 10.1. The molecule has 0 aromatic heterocycles. The molecule has 0 spiro atoms. The number of fused-ring (bicyclic) bond motifs is 1. The van der Waals surface area contributed by atoms with Crippen LogP contribution >= 0.6 is 0 Å². The van der Waals surface area contributed by atoms with Crippen LogP contribution in [0.2, 0.25) is 0 Å². The standard InChI is InChI=1S/C15H10FNO2/c16-12-7-5-10(6-8-12)14(18)17-9-11-3-1-2-4-13(11)15(17)19/h1-8H,9H2. The zero-order chi connectivity index (χ0) is 13.4. The van der Waals surface area contributed by atoms with E-state index >= 15 is 0 Å². The predicted molar refractivity (Wildman–Crippen MR) is 67.0 cm³/mol. The lowest BCUT2D eigenvalue weighted by Gasteiger charge is -2.13. The van der Waals surface area contributed by atoms with E-state index < -0.39 is 11.7 Å². The molecule has 0 saturated carbocycles. The van der Waals surface area contributed by atoms with Crippen molar-refractivity contribution in [1.29, 1.82) is 0 Å². The monoisotopic (exact) mass is 255 g/mol. The van der Waals surface area contributed by atoms with E-state index in [0.717, 1.165) is 5.56 Å². The number of rotatable bonds is 1. The molecule has 0 saturated heterocycles. The van der Waals surface area contributed by atoms with Gasteiger partial charge in [-0.05, 0) is 35.9 Å². The van der Waals surface area contributed by atoms with E-state index in [9.17, 15) is 14.0 Å². The lowest BCUT2D eigenvalue weighted by Crippen LogP contribution is -2.31. The van der Waals surface area contributed by atoms with Gasteiger partial charge in [-0.1, -0.05) is 18.2 Å². The Labute approximate surface area is 109 Å². The van der Waals surface area contributed by atoms with E-state index in [-0.39, 0.29) is 12.5 Å². The zero-order valence-electron chi connectivity index (χ0n) is 9.97. The van der Waals surface area contributed by atoms with Crippen molar-refractivity contribution in [2.75, 3.05) is 0 Å². The maximum Gasteiger partial charge on any atom is 0.261 e. The highest BCUT2D eigenvalue weighted by Gasteiger charge is 2.32. The normalized spacial score (nSPS) is 13.5. The van der Waals surface area contributed by atoms with Crippen LogP contribution in [0.5, 0.6) is 0 Å². The van der Waals surface area contributed by atoms with Gasteiger partial charge in [-0.15, -0.1) is 0 Å². The molecule has 3 nitrogen and oxygen atoms in total. The van der Waals surface area contributed by atoms with Crippen LogP contribution in [0.4, 0.5) is 4.39 Å². The fraction of sp³-hybridized carbons (Fsp3) is 0.0667. The topological polar surface area (TPSA) is 37.4 Å². The highest BCUT2D eigenvalue weighted by Crippen LogP contribution is 2.24. The van der Waals surface area contributed by atoms with Gasteiger partial charge in [-0.2, -0.15) is 0 Å². The van der Waals surface area contributed by atoms with Crippen LogP contribution < -0.4 is 0 Å². The van der Waals surface area contributed by atoms with Gasteiger partial charge in [0.2, 0.25) is 0 Å². The summed E-state index contributed by atoms with van der Waals surface area (Å²) in [6, 6.07) is 12.3. The van der Waals surface area contributed by atoms with Gasteiger partial charge in [-0.25, -0.2) is 4.39 Å². The van der Waals surface area contributed by atoms with Crippen molar-refractivity contribution in [2.45, 2.75) is 6.54 Å². The second-order valence-electron chi connectivity index (χ2n) is 4.36. The molecule has 0 atom stereocenters. The molecule has 4 heteroatoms. The van der Waals surface area contributed by atoms with Gasteiger partial charge in [0.05, 0.1) is 6.54 Å². The van der Waals surface area contributed by atoms with Crippen molar-refractivity contribution in [3.63, 3.8) is 0 Å². The summed E-state index contributed by atoms with van der Waals surface area (Å²) < 4.78 is 12.8. The summed E-state index contributed by atoms with van der Waals surface area (Å²) in [5.74, 6) is -1.11. The molecule has 0 unspecified atom stereocenters. The lowest BCUT2D eigenvalue weighted by molar-refractivity contribution is 0.0631. The van der Waals surface area contributed by atoms with E-state index in [1.165, 1.54) is 29.2 Å². The Morgan fingerprint density at radius 2 is 1.74 bits per heavy atom. The number of halogens is 1. The van der Waals surface area contributed by atoms with Crippen LogP contribution in [0, 0.1) is 5.82 Å². The first-order chi connectivity index (χ1) is 9.16. The number of amides is 2. The third-order valence-electron chi connectivity index (χ3n) is 3.16. The Balaban J connectivity index is 1.91. The Hall–Kier alpha value is -2.49. The average Bonchev–Trinajstić information content (AvgIpc) is 2.77. The molecule has 1 aliphatic rings. The summed E-state index contributed by atoms with van der Waals surface area (Å²) in [6.45, 7) is 0.269.